The van der Waals surface area contributed by atoms with Crippen LogP contribution in [0.4, 0.5) is 0 Å². The molecule has 0 heterocycles. The summed E-state index contributed by atoms with van der Waals surface area (Å²) in [6.07, 6.45) is 0.0924. The fraction of sp³-hybridized carbons (Fsp3) is 0.318. The van der Waals surface area contributed by atoms with E-state index in [2.05, 4.69) is 4.74 Å². The first-order valence-corrected chi connectivity index (χ1v) is 9.18. The maximum atomic E-state index is 12.6. The molecule has 2 aromatic rings. The molecule has 2 rings (SSSR count). The van der Waals surface area contributed by atoms with Crippen LogP contribution in [0, 0.1) is 0 Å². The van der Waals surface area contributed by atoms with Gasteiger partial charge in [0.25, 0.3) is 0 Å². The molecule has 0 saturated carbocycles. The molecule has 0 aliphatic rings. The molecule has 0 saturated heterocycles. The molecule has 1 amide bonds. The number of amides is 1. The van der Waals surface area contributed by atoms with Crippen molar-refractivity contribution >= 4 is 17.7 Å². The molecule has 0 unspecified atom stereocenters. The van der Waals surface area contributed by atoms with E-state index in [0.29, 0.717) is 17.9 Å². The number of Topliss-reactive ketones (excluding diaryl/α,β-unsaturated/α-hetero) is 1. The second kappa shape index (κ2) is 10.9. The highest BCUT2D eigenvalue weighted by Gasteiger charge is 2.19. The Kier molecular flexibility index (Phi) is 8.21. The van der Waals surface area contributed by atoms with Crippen LogP contribution in [0.25, 0.3) is 0 Å². The summed E-state index contributed by atoms with van der Waals surface area (Å²) in [6.45, 7) is 2.58. The predicted octanol–water partition coefficient (Wildman–Crippen LogP) is 3.25. The molecule has 2 aromatic carbocycles. The lowest BCUT2D eigenvalue weighted by Crippen LogP contribution is -2.35. The van der Waals surface area contributed by atoms with Gasteiger partial charge in [-0.25, -0.2) is 0 Å². The first-order chi connectivity index (χ1) is 13.5. The zero-order chi connectivity index (χ0) is 20.4. The molecular formula is C22H25NO5. The van der Waals surface area contributed by atoms with Crippen molar-refractivity contribution in [3.63, 3.8) is 0 Å². The van der Waals surface area contributed by atoms with E-state index in [9.17, 15) is 14.4 Å². The highest BCUT2D eigenvalue weighted by molar-refractivity contribution is 5.98. The zero-order valence-corrected chi connectivity index (χ0v) is 16.2. The summed E-state index contributed by atoms with van der Waals surface area (Å²) in [4.78, 5) is 38.1. The number of benzene rings is 2. The zero-order valence-electron chi connectivity index (χ0n) is 16.2. The molecule has 0 atom stereocenters. The van der Waals surface area contributed by atoms with E-state index < -0.39 is 5.97 Å². The minimum absolute atomic E-state index is 0.0237. The lowest BCUT2D eigenvalue weighted by atomic mass is 10.1. The topological polar surface area (TPSA) is 72.9 Å². The number of methoxy groups -OCH3 is 1. The van der Waals surface area contributed by atoms with Gasteiger partial charge in [-0.2, -0.15) is 0 Å². The van der Waals surface area contributed by atoms with Crippen molar-refractivity contribution in [1.29, 1.82) is 0 Å². The van der Waals surface area contributed by atoms with Crippen molar-refractivity contribution in [2.75, 3.05) is 20.3 Å². The average Bonchev–Trinajstić information content (AvgIpc) is 2.72. The first-order valence-electron chi connectivity index (χ1n) is 9.18. The van der Waals surface area contributed by atoms with Crippen LogP contribution in [-0.2, 0) is 20.9 Å². The first kappa shape index (κ1) is 21.2. The predicted molar refractivity (Wildman–Crippen MR) is 105 cm³/mol. The number of ether oxygens (including phenoxy) is 2. The Morgan fingerprint density at radius 3 is 2.21 bits per heavy atom. The molecule has 0 radical (unpaired) electrons. The second-order valence-corrected chi connectivity index (χ2v) is 6.19. The lowest BCUT2D eigenvalue weighted by molar-refractivity contribution is -0.147. The fourth-order valence-corrected chi connectivity index (χ4v) is 2.68. The molecule has 0 aliphatic heterocycles. The van der Waals surface area contributed by atoms with Gasteiger partial charge in [0.05, 0.1) is 13.7 Å². The normalized spacial score (nSPS) is 10.2. The summed E-state index contributed by atoms with van der Waals surface area (Å²) in [6, 6.07) is 16.2. The average molecular weight is 383 g/mol. The molecular weight excluding hydrogens is 358 g/mol. The molecule has 6 heteroatoms. The Labute approximate surface area is 165 Å². The molecule has 0 bridgehead atoms. The highest BCUT2D eigenvalue weighted by atomic mass is 16.5. The summed E-state index contributed by atoms with van der Waals surface area (Å²) in [7, 11) is 1.28. The summed E-state index contributed by atoms with van der Waals surface area (Å²) < 4.78 is 10.0. The fourth-order valence-electron chi connectivity index (χ4n) is 2.68. The molecule has 0 N–H and O–H groups in total. The molecule has 0 spiro atoms. The van der Waals surface area contributed by atoms with Crippen molar-refractivity contribution < 1.29 is 23.9 Å². The third-order valence-corrected chi connectivity index (χ3v) is 4.17. The van der Waals surface area contributed by atoms with Gasteiger partial charge >= 0.3 is 5.97 Å². The molecule has 6 nitrogen and oxygen atoms in total. The minimum Gasteiger partial charge on any atom is -0.494 e. The summed E-state index contributed by atoms with van der Waals surface area (Å²) >= 11 is 0. The Morgan fingerprint density at radius 2 is 1.61 bits per heavy atom. The van der Waals surface area contributed by atoms with Crippen LogP contribution in [-0.4, -0.2) is 42.8 Å². The second-order valence-electron chi connectivity index (χ2n) is 6.19. The molecule has 28 heavy (non-hydrogen) atoms. The van der Waals surface area contributed by atoms with Crippen molar-refractivity contribution in [1.82, 2.24) is 4.90 Å². The van der Waals surface area contributed by atoms with E-state index in [-0.39, 0.29) is 37.6 Å². The van der Waals surface area contributed by atoms with Crippen molar-refractivity contribution in [2.45, 2.75) is 26.3 Å². The largest absolute Gasteiger partial charge is 0.494 e. The Morgan fingerprint density at radius 1 is 0.929 bits per heavy atom. The number of rotatable bonds is 10. The van der Waals surface area contributed by atoms with Gasteiger partial charge in [-0.3, -0.25) is 14.4 Å². The molecule has 0 aliphatic carbocycles. The third-order valence-electron chi connectivity index (χ3n) is 4.17. The maximum absolute atomic E-state index is 12.6. The molecule has 148 valence electrons. The van der Waals surface area contributed by atoms with Crippen LogP contribution >= 0.6 is 0 Å². The van der Waals surface area contributed by atoms with Gasteiger partial charge in [0.2, 0.25) is 5.91 Å². The van der Waals surface area contributed by atoms with Crippen molar-refractivity contribution in [3.05, 3.63) is 65.7 Å². The van der Waals surface area contributed by atoms with Gasteiger partial charge in [0, 0.05) is 24.9 Å². The number of nitrogens with zero attached hydrogens (tertiary/aromatic N) is 1. The Balaban J connectivity index is 1.97. The van der Waals surface area contributed by atoms with E-state index in [0.717, 1.165) is 5.56 Å². The van der Waals surface area contributed by atoms with Gasteiger partial charge in [-0.05, 0) is 36.8 Å². The Hall–Kier alpha value is -3.15. The standard InChI is InChI=1S/C22H25NO5/c1-3-28-19-11-9-18(10-12-19)20(24)13-14-21(25)23(16-22(26)27-2)15-17-7-5-4-6-8-17/h4-12H,3,13-16H2,1-2H3. The van der Waals surface area contributed by atoms with Crippen molar-refractivity contribution in [3.8, 4) is 5.75 Å². The van der Waals surface area contributed by atoms with Crippen LogP contribution < -0.4 is 4.74 Å². The lowest BCUT2D eigenvalue weighted by Gasteiger charge is -2.21. The monoisotopic (exact) mass is 383 g/mol. The van der Waals surface area contributed by atoms with Crippen LogP contribution in [0.5, 0.6) is 5.75 Å². The van der Waals surface area contributed by atoms with Crippen LogP contribution in [0.1, 0.15) is 35.7 Å². The number of carbonyl (C=O) groups is 3. The van der Waals surface area contributed by atoms with Gasteiger partial charge < -0.3 is 14.4 Å². The molecule has 0 fully saturated rings. The smallest absolute Gasteiger partial charge is 0.325 e. The van der Waals surface area contributed by atoms with Crippen molar-refractivity contribution in [2.24, 2.45) is 0 Å². The van der Waals surface area contributed by atoms with E-state index in [1.165, 1.54) is 12.0 Å². The van der Waals surface area contributed by atoms with Crippen LogP contribution in [0.15, 0.2) is 54.6 Å². The molecule has 0 aromatic heterocycles. The number of ketones is 1. The van der Waals surface area contributed by atoms with E-state index >= 15 is 0 Å². The summed E-state index contributed by atoms with van der Waals surface area (Å²) in [5.41, 5.74) is 1.43. The van der Waals surface area contributed by atoms with Gasteiger partial charge in [0.15, 0.2) is 5.78 Å². The third kappa shape index (κ3) is 6.54. The summed E-state index contributed by atoms with van der Waals surface area (Å²) in [5, 5.41) is 0. The van der Waals surface area contributed by atoms with Gasteiger partial charge in [-0.15, -0.1) is 0 Å². The SMILES string of the molecule is CCOc1ccc(C(=O)CCC(=O)N(CC(=O)OC)Cc2ccccc2)cc1. The number of carbonyl (C=O) groups excluding carboxylic acids is 3. The minimum atomic E-state index is -0.498. The number of hydrogen-bond donors (Lipinski definition) is 0. The van der Waals surface area contributed by atoms with Crippen LogP contribution in [0.3, 0.4) is 0 Å². The van der Waals surface area contributed by atoms with Crippen LogP contribution in [0.2, 0.25) is 0 Å². The van der Waals surface area contributed by atoms with E-state index in [1.54, 1.807) is 24.3 Å². The van der Waals surface area contributed by atoms with Gasteiger partial charge in [0.1, 0.15) is 12.3 Å². The summed E-state index contributed by atoms with van der Waals surface area (Å²) in [5.74, 6) is -0.202. The van der Waals surface area contributed by atoms with E-state index in [1.807, 2.05) is 37.3 Å². The maximum Gasteiger partial charge on any atom is 0.325 e. The van der Waals surface area contributed by atoms with E-state index in [4.69, 9.17) is 4.74 Å². The van der Waals surface area contributed by atoms with Gasteiger partial charge in [-0.1, -0.05) is 30.3 Å². The number of hydrogen-bond acceptors (Lipinski definition) is 5. The quantitative estimate of drug-likeness (QED) is 0.465. The highest BCUT2D eigenvalue weighted by Crippen LogP contribution is 2.15. The Bertz CT molecular complexity index is 786. The number of esters is 1.